The molecule has 1 aromatic rings. The summed E-state index contributed by atoms with van der Waals surface area (Å²) in [5.74, 6) is 0.202. The molecule has 1 aliphatic rings. The molecule has 4 nitrogen and oxygen atoms in total. The molecule has 1 aliphatic heterocycles. The van der Waals surface area contributed by atoms with E-state index in [4.69, 9.17) is 5.73 Å². The lowest BCUT2D eigenvalue weighted by molar-refractivity contribution is -0.133. The highest BCUT2D eigenvalue weighted by molar-refractivity contribution is 7.09. The summed E-state index contributed by atoms with van der Waals surface area (Å²) in [6.45, 7) is 6.63. The number of hydrogen-bond donors (Lipinski definition) is 1. The Bertz CT molecular complexity index is 393. The third-order valence-corrected chi connectivity index (χ3v) is 4.41. The van der Waals surface area contributed by atoms with Crippen LogP contribution >= 0.6 is 36.2 Å². The highest BCUT2D eigenvalue weighted by Crippen LogP contribution is 2.11. The summed E-state index contributed by atoms with van der Waals surface area (Å²) in [6, 6.07) is 4.25. The standard InChI is InChI=1S/C14H23N3OS.2ClH/c1-12(15)11-14(18)17-8-6-16(7-9-17)5-4-13-3-2-10-19-13;;/h2-3,10,12H,4-9,11,15H2,1H3;2*1H. The molecule has 1 fully saturated rings. The maximum atomic E-state index is 11.9. The van der Waals surface area contributed by atoms with Gasteiger partial charge in [-0.15, -0.1) is 36.2 Å². The quantitative estimate of drug-likeness (QED) is 0.880. The molecule has 0 saturated carbocycles. The monoisotopic (exact) mass is 353 g/mol. The average Bonchev–Trinajstić information content (AvgIpc) is 2.89. The van der Waals surface area contributed by atoms with Gasteiger partial charge in [0.05, 0.1) is 0 Å². The van der Waals surface area contributed by atoms with Crippen LogP contribution in [0, 0.1) is 0 Å². The van der Waals surface area contributed by atoms with Crippen LogP contribution in [-0.2, 0) is 11.2 Å². The first-order chi connectivity index (χ1) is 9.15. The number of carbonyl (C=O) groups is 1. The molecule has 1 unspecified atom stereocenters. The van der Waals surface area contributed by atoms with Gasteiger partial charge in [0, 0.05) is 50.1 Å². The Kier molecular flexibility index (Phi) is 10.2. The zero-order chi connectivity index (χ0) is 13.7. The van der Waals surface area contributed by atoms with Crippen molar-refractivity contribution in [3.05, 3.63) is 22.4 Å². The SMILES string of the molecule is CC(N)CC(=O)N1CCN(CCc2cccs2)CC1.Cl.Cl. The summed E-state index contributed by atoms with van der Waals surface area (Å²) in [7, 11) is 0. The number of rotatable bonds is 5. The van der Waals surface area contributed by atoms with E-state index in [1.165, 1.54) is 4.88 Å². The van der Waals surface area contributed by atoms with E-state index in [-0.39, 0.29) is 36.8 Å². The van der Waals surface area contributed by atoms with Crippen molar-refractivity contribution < 1.29 is 4.79 Å². The molecule has 122 valence electrons. The molecule has 2 N–H and O–H groups in total. The van der Waals surface area contributed by atoms with Crippen molar-refractivity contribution in [2.75, 3.05) is 32.7 Å². The maximum absolute atomic E-state index is 11.9. The van der Waals surface area contributed by atoms with Crippen molar-refractivity contribution in [3.63, 3.8) is 0 Å². The first-order valence-corrected chi connectivity index (χ1v) is 7.81. The predicted molar refractivity (Wildman–Crippen MR) is 93.8 cm³/mol. The van der Waals surface area contributed by atoms with Crippen LogP contribution in [0.15, 0.2) is 17.5 Å². The number of nitrogens with zero attached hydrogens (tertiary/aromatic N) is 2. The first kappa shape index (κ1) is 20.7. The van der Waals surface area contributed by atoms with E-state index in [0.717, 1.165) is 39.1 Å². The zero-order valence-corrected chi connectivity index (χ0v) is 14.8. The van der Waals surface area contributed by atoms with Crippen LogP contribution in [0.4, 0.5) is 0 Å². The first-order valence-electron chi connectivity index (χ1n) is 6.93. The number of thiophene rings is 1. The molecule has 0 aromatic carbocycles. The van der Waals surface area contributed by atoms with Gasteiger partial charge in [0.1, 0.15) is 0 Å². The van der Waals surface area contributed by atoms with Crippen molar-refractivity contribution in [2.24, 2.45) is 5.73 Å². The third kappa shape index (κ3) is 6.98. The van der Waals surface area contributed by atoms with Crippen molar-refractivity contribution in [1.29, 1.82) is 0 Å². The molecule has 0 aliphatic carbocycles. The van der Waals surface area contributed by atoms with E-state index in [0.29, 0.717) is 6.42 Å². The fourth-order valence-electron chi connectivity index (χ4n) is 2.35. The third-order valence-electron chi connectivity index (χ3n) is 3.48. The van der Waals surface area contributed by atoms with Gasteiger partial charge in [-0.3, -0.25) is 9.69 Å². The van der Waals surface area contributed by atoms with E-state index in [9.17, 15) is 4.79 Å². The van der Waals surface area contributed by atoms with Gasteiger partial charge in [-0.2, -0.15) is 0 Å². The summed E-state index contributed by atoms with van der Waals surface area (Å²) >= 11 is 1.82. The Hall–Kier alpha value is -0.330. The number of piperazine rings is 1. The molecule has 0 bridgehead atoms. The van der Waals surface area contributed by atoms with E-state index in [1.54, 1.807) is 0 Å². The van der Waals surface area contributed by atoms with Gasteiger partial charge in [-0.1, -0.05) is 6.07 Å². The smallest absolute Gasteiger partial charge is 0.224 e. The Morgan fingerprint density at radius 3 is 2.52 bits per heavy atom. The number of nitrogens with two attached hydrogens (primary N) is 1. The number of carbonyl (C=O) groups excluding carboxylic acids is 1. The minimum absolute atomic E-state index is 0. The van der Waals surface area contributed by atoms with E-state index in [1.807, 2.05) is 23.2 Å². The molecule has 1 saturated heterocycles. The molecular weight excluding hydrogens is 329 g/mol. The fraction of sp³-hybridized carbons (Fsp3) is 0.643. The van der Waals surface area contributed by atoms with Gasteiger partial charge >= 0.3 is 0 Å². The molecule has 0 radical (unpaired) electrons. The Morgan fingerprint density at radius 2 is 2.00 bits per heavy atom. The highest BCUT2D eigenvalue weighted by atomic mass is 35.5. The lowest BCUT2D eigenvalue weighted by Crippen LogP contribution is -2.49. The van der Waals surface area contributed by atoms with Crippen LogP contribution in [0.3, 0.4) is 0 Å². The lowest BCUT2D eigenvalue weighted by atomic mass is 10.2. The van der Waals surface area contributed by atoms with Crippen molar-refractivity contribution in [1.82, 2.24) is 9.80 Å². The Balaban J connectivity index is 0.00000200. The summed E-state index contributed by atoms with van der Waals surface area (Å²) < 4.78 is 0. The summed E-state index contributed by atoms with van der Waals surface area (Å²) in [5.41, 5.74) is 5.67. The van der Waals surface area contributed by atoms with Gasteiger partial charge < -0.3 is 10.6 Å². The average molecular weight is 354 g/mol. The number of halogens is 2. The largest absolute Gasteiger partial charge is 0.340 e. The second kappa shape index (κ2) is 10.4. The minimum Gasteiger partial charge on any atom is -0.340 e. The number of amides is 1. The summed E-state index contributed by atoms with van der Waals surface area (Å²) in [5, 5.41) is 2.12. The molecule has 1 atom stereocenters. The molecular formula is C14H25Cl2N3OS. The molecule has 1 aromatic heterocycles. The van der Waals surface area contributed by atoms with Gasteiger partial charge in [-0.05, 0) is 24.8 Å². The van der Waals surface area contributed by atoms with Crippen LogP contribution < -0.4 is 5.73 Å². The second-order valence-electron chi connectivity index (χ2n) is 5.23. The zero-order valence-electron chi connectivity index (χ0n) is 12.4. The predicted octanol–water partition coefficient (Wildman–Crippen LogP) is 2.02. The van der Waals surface area contributed by atoms with Gasteiger partial charge in [0.2, 0.25) is 5.91 Å². The van der Waals surface area contributed by atoms with Crippen LogP contribution in [0.5, 0.6) is 0 Å². The van der Waals surface area contributed by atoms with Crippen LogP contribution in [0.25, 0.3) is 0 Å². The molecule has 2 rings (SSSR count). The maximum Gasteiger partial charge on any atom is 0.224 e. The fourth-order valence-corrected chi connectivity index (χ4v) is 3.05. The van der Waals surface area contributed by atoms with Crippen molar-refractivity contribution >= 4 is 42.1 Å². The molecule has 0 spiro atoms. The van der Waals surface area contributed by atoms with Crippen LogP contribution in [-0.4, -0.2) is 54.5 Å². The molecule has 1 amide bonds. The topological polar surface area (TPSA) is 49.6 Å². The van der Waals surface area contributed by atoms with E-state index >= 15 is 0 Å². The van der Waals surface area contributed by atoms with E-state index in [2.05, 4.69) is 22.4 Å². The van der Waals surface area contributed by atoms with Gasteiger partial charge in [0.25, 0.3) is 0 Å². The lowest BCUT2D eigenvalue weighted by Gasteiger charge is -2.35. The Labute approximate surface area is 143 Å². The summed E-state index contributed by atoms with van der Waals surface area (Å²) in [6.07, 6.45) is 1.58. The van der Waals surface area contributed by atoms with Gasteiger partial charge in [0.15, 0.2) is 0 Å². The van der Waals surface area contributed by atoms with Gasteiger partial charge in [-0.25, -0.2) is 0 Å². The molecule has 2 heterocycles. The van der Waals surface area contributed by atoms with Crippen LogP contribution in [0.1, 0.15) is 18.2 Å². The molecule has 7 heteroatoms. The molecule has 21 heavy (non-hydrogen) atoms. The number of hydrogen-bond acceptors (Lipinski definition) is 4. The van der Waals surface area contributed by atoms with E-state index < -0.39 is 0 Å². The van der Waals surface area contributed by atoms with Crippen molar-refractivity contribution in [3.8, 4) is 0 Å². The minimum atomic E-state index is -0.0376. The van der Waals surface area contributed by atoms with Crippen LogP contribution in [0.2, 0.25) is 0 Å². The Morgan fingerprint density at radius 1 is 1.33 bits per heavy atom. The normalized spacial score (nSPS) is 16.8. The summed E-state index contributed by atoms with van der Waals surface area (Å²) in [4.78, 5) is 17.7. The second-order valence-corrected chi connectivity index (χ2v) is 6.27. The highest BCUT2D eigenvalue weighted by Gasteiger charge is 2.21. The van der Waals surface area contributed by atoms with Crippen molar-refractivity contribution in [2.45, 2.75) is 25.8 Å².